The van der Waals surface area contributed by atoms with Crippen molar-refractivity contribution in [1.82, 2.24) is 5.16 Å². The van der Waals surface area contributed by atoms with Gasteiger partial charge in [0, 0.05) is 11.5 Å². The molecule has 0 bridgehead atoms. The van der Waals surface area contributed by atoms with Gasteiger partial charge in [0.1, 0.15) is 35.7 Å². The molecule has 0 fully saturated rings. The third kappa shape index (κ3) is 5.43. The Balaban J connectivity index is 1.55. The molecule has 1 aliphatic carbocycles. The summed E-state index contributed by atoms with van der Waals surface area (Å²) >= 11 is 12.9. The van der Waals surface area contributed by atoms with E-state index in [0.29, 0.717) is 27.1 Å². The lowest BCUT2D eigenvalue weighted by molar-refractivity contribution is -0.121. The van der Waals surface area contributed by atoms with E-state index in [9.17, 15) is 4.79 Å². The minimum Gasteiger partial charge on any atom is -0.493 e. The van der Waals surface area contributed by atoms with E-state index in [1.807, 2.05) is 56.3 Å². The van der Waals surface area contributed by atoms with Crippen LogP contribution in [0.15, 0.2) is 78.1 Å². The molecule has 36 heavy (non-hydrogen) atoms. The van der Waals surface area contributed by atoms with Gasteiger partial charge in [0.05, 0.1) is 27.8 Å². The van der Waals surface area contributed by atoms with E-state index in [1.165, 1.54) is 6.26 Å². The molecule has 0 radical (unpaired) electrons. The lowest BCUT2D eigenvalue weighted by atomic mass is 9.88. The first-order chi connectivity index (χ1) is 17.3. The van der Waals surface area contributed by atoms with Crippen LogP contribution in [0, 0.1) is 5.92 Å². The molecule has 2 atom stereocenters. The highest BCUT2D eigenvalue weighted by Crippen LogP contribution is 2.39. The van der Waals surface area contributed by atoms with Crippen LogP contribution in [-0.4, -0.2) is 17.0 Å². The molecule has 2 aromatic carbocycles. The van der Waals surface area contributed by atoms with Crippen LogP contribution in [-0.2, 0) is 16.1 Å². The highest BCUT2D eigenvalue weighted by molar-refractivity contribution is 6.39. The highest BCUT2D eigenvalue weighted by atomic mass is 35.5. The Morgan fingerprint density at radius 2 is 1.86 bits per heavy atom. The minimum absolute atomic E-state index is 0.0350. The lowest BCUT2D eigenvalue weighted by Crippen LogP contribution is -2.26. The summed E-state index contributed by atoms with van der Waals surface area (Å²) in [5.41, 5.74) is 3.93. The summed E-state index contributed by atoms with van der Waals surface area (Å²) in [6.45, 7) is 9.45. The number of carbonyl (C=O) groups is 1. The Bertz CT molecular complexity index is 1300. The molecule has 7 heteroatoms. The number of benzene rings is 2. The van der Waals surface area contributed by atoms with Crippen LogP contribution in [0.4, 0.5) is 0 Å². The van der Waals surface area contributed by atoms with Gasteiger partial charge in [-0.1, -0.05) is 79.1 Å². The summed E-state index contributed by atoms with van der Waals surface area (Å²) in [4.78, 5) is 12.1. The van der Waals surface area contributed by atoms with Crippen LogP contribution in [0.5, 0.6) is 5.75 Å². The molecule has 0 spiro atoms. The predicted octanol–water partition coefficient (Wildman–Crippen LogP) is 8.04. The monoisotopic (exact) mass is 523 g/mol. The first-order valence-electron chi connectivity index (χ1n) is 11.6. The van der Waals surface area contributed by atoms with Gasteiger partial charge in [0.2, 0.25) is 0 Å². The Labute approximate surface area is 221 Å². The van der Waals surface area contributed by atoms with Crippen molar-refractivity contribution >= 4 is 34.6 Å². The Morgan fingerprint density at radius 3 is 2.47 bits per heavy atom. The summed E-state index contributed by atoms with van der Waals surface area (Å²) in [5, 5.41) is 5.27. The Hall–Kier alpha value is -3.28. The number of Topliss-reactive ketones (excluding diaryl/α,β-unsaturated/α-hetero) is 1. The van der Waals surface area contributed by atoms with Crippen LogP contribution in [0.3, 0.4) is 0 Å². The zero-order valence-electron chi connectivity index (χ0n) is 20.3. The average Bonchev–Trinajstić information content (AvgIpc) is 3.27. The van der Waals surface area contributed by atoms with Crippen molar-refractivity contribution in [2.24, 2.45) is 5.92 Å². The average molecular weight is 524 g/mol. The van der Waals surface area contributed by atoms with Gasteiger partial charge in [-0.15, -0.1) is 0 Å². The van der Waals surface area contributed by atoms with E-state index < -0.39 is 0 Å². The lowest BCUT2D eigenvalue weighted by Gasteiger charge is -2.23. The quantitative estimate of drug-likeness (QED) is 0.265. The zero-order chi connectivity index (χ0) is 25.8. The number of hydrogen-bond donors (Lipinski definition) is 0. The van der Waals surface area contributed by atoms with Crippen LogP contribution in [0.1, 0.15) is 43.6 Å². The molecule has 1 aromatic heterocycles. The minimum atomic E-state index is -0.364. The maximum absolute atomic E-state index is 12.1. The van der Waals surface area contributed by atoms with E-state index in [2.05, 4.69) is 11.7 Å². The van der Waals surface area contributed by atoms with Crippen molar-refractivity contribution in [3.63, 3.8) is 0 Å². The molecule has 0 N–H and O–H groups in total. The maximum atomic E-state index is 12.1. The van der Waals surface area contributed by atoms with Crippen molar-refractivity contribution in [1.29, 1.82) is 0 Å². The van der Waals surface area contributed by atoms with Crippen LogP contribution in [0.2, 0.25) is 10.0 Å². The molecule has 0 saturated heterocycles. The van der Waals surface area contributed by atoms with E-state index in [4.69, 9.17) is 37.2 Å². The number of ether oxygens (including phenoxy) is 2. The molecular formula is C29H27Cl2NO4. The maximum Gasteiger partial charge on any atom is 0.146 e. The van der Waals surface area contributed by atoms with Gasteiger partial charge in [0.25, 0.3) is 0 Å². The molecule has 5 nitrogen and oxygen atoms in total. The van der Waals surface area contributed by atoms with Gasteiger partial charge < -0.3 is 14.0 Å². The smallest absolute Gasteiger partial charge is 0.146 e. The van der Waals surface area contributed by atoms with E-state index >= 15 is 0 Å². The summed E-state index contributed by atoms with van der Waals surface area (Å²) in [6.07, 6.45) is 6.79. The number of nitrogens with zero attached hydrogens (tertiary/aromatic N) is 1. The molecule has 0 aliphatic heterocycles. The van der Waals surface area contributed by atoms with Gasteiger partial charge in [-0.2, -0.15) is 0 Å². The topological polar surface area (TPSA) is 61.6 Å². The molecule has 2 unspecified atom stereocenters. The number of halogens is 2. The zero-order valence-corrected chi connectivity index (χ0v) is 21.8. The van der Waals surface area contributed by atoms with Gasteiger partial charge in [-0.05, 0) is 48.4 Å². The van der Waals surface area contributed by atoms with E-state index in [0.717, 1.165) is 22.5 Å². The number of aromatic nitrogens is 1. The number of rotatable bonds is 9. The molecule has 1 aliphatic rings. The number of ketones is 1. The fourth-order valence-corrected chi connectivity index (χ4v) is 4.76. The number of carbonyl (C=O) groups excluding carboxylic acids is 1. The van der Waals surface area contributed by atoms with Gasteiger partial charge in [0.15, 0.2) is 0 Å². The summed E-state index contributed by atoms with van der Waals surface area (Å²) in [6, 6.07) is 13.0. The molecule has 3 aromatic rings. The number of hydrogen-bond acceptors (Lipinski definition) is 5. The molecule has 186 valence electrons. The number of allylic oxidation sites excluding steroid dienone is 2. The van der Waals surface area contributed by atoms with Gasteiger partial charge in [-0.25, -0.2) is 0 Å². The molecule has 0 amide bonds. The second-order valence-corrected chi connectivity index (χ2v) is 9.64. The summed E-state index contributed by atoms with van der Waals surface area (Å²) in [7, 11) is 0. The normalized spacial score (nSPS) is 17.1. The fraction of sp³-hybridized carbons (Fsp3) is 0.241. The third-order valence-corrected chi connectivity index (χ3v) is 6.64. The fourth-order valence-electron chi connectivity index (χ4n) is 4.18. The van der Waals surface area contributed by atoms with Crippen molar-refractivity contribution < 1.29 is 18.8 Å². The third-order valence-electron chi connectivity index (χ3n) is 6.01. The van der Waals surface area contributed by atoms with Crippen molar-refractivity contribution in [3.8, 4) is 17.0 Å². The van der Waals surface area contributed by atoms with E-state index in [-0.39, 0.29) is 30.3 Å². The summed E-state index contributed by atoms with van der Waals surface area (Å²) < 4.78 is 17.3. The molecule has 1 heterocycles. The molecule has 0 saturated carbocycles. The van der Waals surface area contributed by atoms with Crippen LogP contribution >= 0.6 is 23.2 Å². The van der Waals surface area contributed by atoms with Crippen LogP contribution in [0.25, 0.3) is 16.8 Å². The van der Waals surface area contributed by atoms with Crippen LogP contribution < -0.4 is 4.74 Å². The Kier molecular flexibility index (Phi) is 8.02. The predicted molar refractivity (Wildman–Crippen MR) is 143 cm³/mol. The standard InChI is InChI=1S/C29H27Cl2NO4/c1-5-34-26-14-11-20(15-22(26)18(4)33)19-9-12-21(13-10-19)35-16-23-28(32-36-29(23)17(2)3)27-24(30)7-6-8-25(27)31/h5-15,17,22,26H,1,16H2,2-4H3. The molecular weight excluding hydrogens is 497 g/mol. The van der Waals surface area contributed by atoms with E-state index in [1.54, 1.807) is 25.1 Å². The second-order valence-electron chi connectivity index (χ2n) is 8.82. The molecule has 4 rings (SSSR count). The summed E-state index contributed by atoms with van der Waals surface area (Å²) in [5.74, 6) is 1.18. The Morgan fingerprint density at radius 1 is 1.17 bits per heavy atom. The van der Waals surface area contributed by atoms with Crippen molar-refractivity contribution in [3.05, 3.63) is 100 Å². The second kappa shape index (κ2) is 11.2. The van der Waals surface area contributed by atoms with Gasteiger partial charge >= 0.3 is 0 Å². The van der Waals surface area contributed by atoms with Gasteiger partial charge in [-0.3, -0.25) is 4.79 Å². The van der Waals surface area contributed by atoms with Crippen molar-refractivity contribution in [2.45, 2.75) is 39.4 Å². The first-order valence-corrected chi connectivity index (χ1v) is 12.4. The highest BCUT2D eigenvalue weighted by Gasteiger charge is 2.26. The SMILES string of the molecule is C=COC1C=CC(c2ccc(OCc3c(-c4c(Cl)cccc4Cl)noc3C(C)C)cc2)=CC1C(C)=O. The first kappa shape index (κ1) is 25.8. The van der Waals surface area contributed by atoms with Crippen molar-refractivity contribution in [2.75, 3.05) is 0 Å². The largest absolute Gasteiger partial charge is 0.493 e.